The van der Waals surface area contributed by atoms with Crippen LogP contribution >= 0.6 is 23.8 Å². The van der Waals surface area contributed by atoms with Crippen LogP contribution in [0.4, 0.5) is 11.8 Å². The summed E-state index contributed by atoms with van der Waals surface area (Å²) in [6, 6.07) is 11.9. The lowest BCUT2D eigenvalue weighted by atomic mass is 9.92. The van der Waals surface area contributed by atoms with Crippen molar-refractivity contribution in [3.63, 3.8) is 0 Å². The van der Waals surface area contributed by atoms with Crippen molar-refractivity contribution in [1.29, 1.82) is 0 Å². The van der Waals surface area contributed by atoms with E-state index in [1.54, 1.807) is 0 Å². The van der Waals surface area contributed by atoms with E-state index in [0.29, 0.717) is 34.6 Å². The van der Waals surface area contributed by atoms with Crippen molar-refractivity contribution >= 4 is 40.7 Å². The van der Waals surface area contributed by atoms with E-state index in [1.165, 1.54) is 6.42 Å². The number of nitrogens with one attached hydrogen (secondary N) is 2. The largest absolute Gasteiger partial charge is 0.358 e. The van der Waals surface area contributed by atoms with Gasteiger partial charge in [-0.1, -0.05) is 55.8 Å². The first-order valence-electron chi connectivity index (χ1n) is 8.88. The molecule has 2 aromatic rings. The van der Waals surface area contributed by atoms with Crippen molar-refractivity contribution in [1.82, 2.24) is 15.3 Å². The van der Waals surface area contributed by atoms with E-state index >= 15 is 0 Å². The van der Waals surface area contributed by atoms with Gasteiger partial charge in [-0.15, -0.1) is 0 Å². The number of hydrogen-bond donors (Lipinski definition) is 2. The molecule has 2 atom stereocenters. The Kier molecular flexibility index (Phi) is 6.27. The van der Waals surface area contributed by atoms with E-state index in [2.05, 4.69) is 39.3 Å². The van der Waals surface area contributed by atoms with Crippen LogP contribution in [0.5, 0.6) is 0 Å². The molecule has 1 aromatic heterocycles. The fourth-order valence-corrected chi connectivity index (χ4v) is 3.74. The second-order valence-electron chi connectivity index (χ2n) is 7.02. The summed E-state index contributed by atoms with van der Waals surface area (Å²) in [5, 5.41) is 7.09. The third-order valence-corrected chi connectivity index (χ3v) is 4.84. The first kappa shape index (κ1) is 18.9. The van der Waals surface area contributed by atoms with Crippen LogP contribution in [0.3, 0.4) is 0 Å². The van der Waals surface area contributed by atoms with Crippen LogP contribution in [0.1, 0.15) is 25.8 Å². The Hall–Kier alpha value is -1.92. The van der Waals surface area contributed by atoms with Gasteiger partial charge >= 0.3 is 0 Å². The number of anilines is 2. The molecule has 138 valence electrons. The lowest BCUT2D eigenvalue weighted by molar-refractivity contribution is 0.355. The molecule has 7 heteroatoms. The van der Waals surface area contributed by atoms with Crippen LogP contribution in [0.2, 0.25) is 5.15 Å². The third kappa shape index (κ3) is 5.29. The van der Waals surface area contributed by atoms with Crippen LogP contribution in [-0.4, -0.2) is 28.2 Å². The maximum Gasteiger partial charge on any atom is 0.232 e. The van der Waals surface area contributed by atoms with E-state index < -0.39 is 0 Å². The lowest BCUT2D eigenvalue weighted by Gasteiger charge is -2.35. The quantitative estimate of drug-likeness (QED) is 0.606. The van der Waals surface area contributed by atoms with Gasteiger partial charge in [0, 0.05) is 25.7 Å². The smallest absolute Gasteiger partial charge is 0.232 e. The molecule has 2 heterocycles. The first-order valence-corrected chi connectivity index (χ1v) is 9.66. The minimum Gasteiger partial charge on any atom is -0.358 e. The zero-order valence-corrected chi connectivity index (χ0v) is 16.6. The first-order chi connectivity index (χ1) is 12.5. The fourth-order valence-electron chi connectivity index (χ4n) is 3.40. The van der Waals surface area contributed by atoms with Crippen molar-refractivity contribution < 1.29 is 0 Å². The van der Waals surface area contributed by atoms with Gasteiger partial charge in [0.25, 0.3) is 0 Å². The summed E-state index contributed by atoms with van der Waals surface area (Å²) in [7, 11) is 0. The highest BCUT2D eigenvalue weighted by atomic mass is 35.5. The Labute approximate surface area is 165 Å². The van der Waals surface area contributed by atoms with Gasteiger partial charge in [0.05, 0.1) is 0 Å². The normalized spacial score (nSPS) is 19.9. The number of hydrogen-bond acceptors (Lipinski definition) is 4. The maximum absolute atomic E-state index is 6.22. The average molecular weight is 390 g/mol. The van der Waals surface area contributed by atoms with Crippen LogP contribution < -0.4 is 15.5 Å². The topological polar surface area (TPSA) is 53.1 Å². The lowest BCUT2D eigenvalue weighted by Crippen LogP contribution is -2.39. The van der Waals surface area contributed by atoms with Gasteiger partial charge in [-0.2, -0.15) is 4.98 Å². The van der Waals surface area contributed by atoms with Gasteiger partial charge in [-0.25, -0.2) is 4.98 Å². The fraction of sp³-hybridized carbons (Fsp3) is 0.421. The molecule has 0 amide bonds. The second-order valence-corrected chi connectivity index (χ2v) is 7.81. The summed E-state index contributed by atoms with van der Waals surface area (Å²) >= 11 is 11.6. The number of benzene rings is 1. The molecule has 1 fully saturated rings. The van der Waals surface area contributed by atoms with Gasteiger partial charge in [0.2, 0.25) is 5.95 Å². The molecule has 0 unspecified atom stereocenters. The van der Waals surface area contributed by atoms with E-state index in [-0.39, 0.29) is 0 Å². The monoisotopic (exact) mass is 389 g/mol. The van der Waals surface area contributed by atoms with E-state index in [1.807, 2.05) is 36.4 Å². The third-order valence-electron chi connectivity index (χ3n) is 4.40. The minimum absolute atomic E-state index is 0.411. The highest BCUT2D eigenvalue weighted by molar-refractivity contribution is 7.80. The highest BCUT2D eigenvalue weighted by Gasteiger charge is 2.23. The minimum atomic E-state index is 0.411. The molecule has 2 N–H and O–H groups in total. The summed E-state index contributed by atoms with van der Waals surface area (Å²) < 4.78 is 0. The Bertz CT molecular complexity index is 745. The summed E-state index contributed by atoms with van der Waals surface area (Å²) in [4.78, 5) is 11.1. The summed E-state index contributed by atoms with van der Waals surface area (Å²) in [5.74, 6) is 2.54. The summed E-state index contributed by atoms with van der Waals surface area (Å²) in [5.41, 5.74) is 1.15. The Morgan fingerprint density at radius 3 is 2.58 bits per heavy atom. The van der Waals surface area contributed by atoms with Crippen molar-refractivity contribution in [2.45, 2.75) is 26.8 Å². The number of thiocarbonyl (C=S) groups is 1. The zero-order chi connectivity index (χ0) is 18.5. The van der Waals surface area contributed by atoms with Crippen LogP contribution in [0.15, 0.2) is 36.4 Å². The van der Waals surface area contributed by atoms with Crippen molar-refractivity contribution in [2.24, 2.45) is 11.8 Å². The molecule has 26 heavy (non-hydrogen) atoms. The van der Waals surface area contributed by atoms with Gasteiger partial charge in [-0.3, -0.25) is 0 Å². The molecule has 0 saturated carbocycles. The molecule has 0 aliphatic carbocycles. The molecule has 5 nitrogen and oxygen atoms in total. The Morgan fingerprint density at radius 2 is 1.88 bits per heavy atom. The highest BCUT2D eigenvalue weighted by Crippen LogP contribution is 2.27. The molecule has 3 rings (SSSR count). The Balaban J connectivity index is 1.64. The predicted octanol–water partition coefficient (Wildman–Crippen LogP) is 4.10. The van der Waals surface area contributed by atoms with Crippen molar-refractivity contribution in [3.05, 3.63) is 47.1 Å². The summed E-state index contributed by atoms with van der Waals surface area (Å²) in [6.45, 7) is 7.14. The molecular formula is C19H24ClN5S. The molecule has 1 aliphatic rings. The van der Waals surface area contributed by atoms with Gasteiger partial charge < -0.3 is 15.5 Å². The van der Waals surface area contributed by atoms with E-state index in [4.69, 9.17) is 23.8 Å². The molecular weight excluding hydrogens is 366 g/mol. The molecule has 0 spiro atoms. The average Bonchev–Trinajstić information content (AvgIpc) is 2.59. The Morgan fingerprint density at radius 1 is 1.19 bits per heavy atom. The van der Waals surface area contributed by atoms with E-state index in [0.717, 1.165) is 24.5 Å². The van der Waals surface area contributed by atoms with Gasteiger partial charge in [-0.05, 0) is 36.0 Å². The standard InChI is InChI=1S/C19H24ClN5S/c1-13-8-14(2)12-25(11-13)17-9-16(20)22-18(23-17)24-19(26)21-10-15-6-4-3-5-7-15/h3-7,9,13-14H,8,10-12H2,1-2H3,(H2,21,22,23,24,26)/t13-,14+. The van der Waals surface area contributed by atoms with E-state index in [9.17, 15) is 0 Å². The number of rotatable bonds is 4. The number of halogens is 1. The zero-order valence-electron chi connectivity index (χ0n) is 15.1. The molecule has 1 aliphatic heterocycles. The molecule has 1 saturated heterocycles. The van der Waals surface area contributed by atoms with Crippen LogP contribution in [0, 0.1) is 11.8 Å². The number of piperidine rings is 1. The molecule has 0 radical (unpaired) electrons. The molecule has 0 bridgehead atoms. The second kappa shape index (κ2) is 8.64. The van der Waals surface area contributed by atoms with Crippen molar-refractivity contribution in [2.75, 3.05) is 23.3 Å². The van der Waals surface area contributed by atoms with Crippen LogP contribution in [-0.2, 0) is 6.54 Å². The predicted molar refractivity (Wildman–Crippen MR) is 112 cm³/mol. The SMILES string of the molecule is C[C@@H]1C[C@H](C)CN(c2cc(Cl)nc(NC(=S)NCc3ccccc3)n2)C1. The molecule has 1 aromatic carbocycles. The van der Waals surface area contributed by atoms with Gasteiger partial charge in [0.1, 0.15) is 11.0 Å². The summed E-state index contributed by atoms with van der Waals surface area (Å²) in [6.07, 6.45) is 1.24. The van der Waals surface area contributed by atoms with Gasteiger partial charge in [0.15, 0.2) is 5.11 Å². The van der Waals surface area contributed by atoms with Crippen LogP contribution in [0.25, 0.3) is 0 Å². The number of aromatic nitrogens is 2. The maximum atomic E-state index is 6.22. The number of nitrogens with zero attached hydrogens (tertiary/aromatic N) is 3. The van der Waals surface area contributed by atoms with Crippen molar-refractivity contribution in [3.8, 4) is 0 Å².